The van der Waals surface area contributed by atoms with Gasteiger partial charge in [-0.15, -0.1) is 11.6 Å². The van der Waals surface area contributed by atoms with Crippen LogP contribution in [0.25, 0.3) is 10.9 Å². The number of nitrogens with zero attached hydrogens (tertiary/aromatic N) is 1. The number of alkyl halides is 1. The summed E-state index contributed by atoms with van der Waals surface area (Å²) in [6.07, 6.45) is 6.52. The van der Waals surface area contributed by atoms with E-state index in [2.05, 4.69) is 58.2 Å². The minimum absolute atomic E-state index is 0.00991. The van der Waals surface area contributed by atoms with Gasteiger partial charge in [0.1, 0.15) is 48.2 Å². The highest BCUT2D eigenvalue weighted by molar-refractivity contribution is 6.27. The number of primary amides is 2. The molecule has 2 fully saturated rings. The topological polar surface area (TPSA) is 416 Å². The summed E-state index contributed by atoms with van der Waals surface area (Å²) in [4.78, 5) is 159. The lowest BCUT2D eigenvalue weighted by atomic mass is 9.97. The SMILES string of the molecule is CC(NC(=O)[C@H](CCCNC(N)=O)NC(=O)[C@H](Cc1c[nH]c2ccccc12)NC(=O)[C@@H]1CCCCN1C(=O)[C@H](CCC(=O)O)NC(=O)CCl)C(=O)N[C@@H](C)C(=O)NC(CCCCNC(=O)CCCCC[C@@H]1NC(=O)N[C@@H]1C)C(N)=O. The van der Waals surface area contributed by atoms with E-state index in [4.69, 9.17) is 23.1 Å². The summed E-state index contributed by atoms with van der Waals surface area (Å²) in [5.74, 6) is -8.07. The molecule has 0 aliphatic carbocycles. The Labute approximate surface area is 468 Å². The van der Waals surface area contributed by atoms with Crippen molar-refractivity contribution < 1.29 is 62.6 Å². The highest BCUT2D eigenvalue weighted by atomic mass is 35.5. The predicted octanol–water partition coefficient (Wildman–Crippen LogP) is -0.616. The predicted molar refractivity (Wildman–Crippen MR) is 293 cm³/mol. The minimum Gasteiger partial charge on any atom is -0.481 e. The minimum atomic E-state index is -1.39. The number of aliphatic carboxylic acids is 1. The molecule has 1 aromatic carbocycles. The number of nitrogens with two attached hydrogens (primary N) is 2. The molecule has 0 spiro atoms. The number of aromatic amines is 1. The number of amides is 13. The molecule has 2 aromatic rings. The standard InChI is InChI=1S/C52H79ClN14O13/c1-29-34(66-52(80)61-29)15-5-4-6-20-41(68)56-23-11-9-17-36(44(54)72)63-46(74)31(3)59-45(73)30(2)60-47(75)37(18-13-24-57-51(55)79)64-48(76)39(26-32-28-58-35-16-8-7-14-33(32)35)65-49(77)40-19-10-12-25-67(40)50(78)38(21-22-43(70)71)62-42(69)27-53/h7-8,14,16,28-31,34,36-40,58H,4-6,9-13,15,17-27H2,1-3H3,(H2,54,72)(H,56,68)(H,59,73)(H,60,75)(H,62,69)(H,63,74)(H,64,76)(H,65,77)(H,70,71)(H3,55,57,79)(H2,61,66,80)/t29-,30?,31+,34+,36?,37+,38+,39+,40+/m1/s1. The second-order valence-corrected chi connectivity index (χ2v) is 20.5. The Bertz CT molecular complexity index is 2510. The fourth-order valence-electron chi connectivity index (χ4n) is 9.43. The molecule has 1 aromatic heterocycles. The highest BCUT2D eigenvalue weighted by Crippen LogP contribution is 2.23. The number of carbonyl (C=O) groups is 12. The summed E-state index contributed by atoms with van der Waals surface area (Å²) in [6.45, 7) is 5.04. The maximum atomic E-state index is 14.5. The summed E-state index contributed by atoms with van der Waals surface area (Å²) in [5.41, 5.74) is 12.2. The molecule has 2 unspecified atom stereocenters. The number of nitrogens with one attached hydrogen (secondary N) is 11. The molecule has 0 radical (unpaired) electrons. The van der Waals surface area contributed by atoms with E-state index in [-0.39, 0.29) is 75.6 Å². The number of piperidine rings is 1. The average molecular weight is 1140 g/mol. The normalized spacial score (nSPS) is 18.1. The quantitative estimate of drug-likeness (QED) is 0.0308. The van der Waals surface area contributed by atoms with Crippen LogP contribution in [0.1, 0.15) is 123 Å². The van der Waals surface area contributed by atoms with Crippen LogP contribution < -0.4 is 64.6 Å². The zero-order valence-corrected chi connectivity index (χ0v) is 46.3. The Kier molecular flexibility index (Phi) is 26.7. The molecule has 80 heavy (non-hydrogen) atoms. The van der Waals surface area contributed by atoms with Crippen LogP contribution in [0.3, 0.4) is 0 Å². The number of halogens is 1. The Morgan fingerprint density at radius 1 is 0.700 bits per heavy atom. The third kappa shape index (κ3) is 21.5. The van der Waals surface area contributed by atoms with Crippen molar-refractivity contribution in [2.75, 3.05) is 25.5 Å². The summed E-state index contributed by atoms with van der Waals surface area (Å²) in [6, 6.07) is -2.57. The molecule has 16 N–H and O–H groups in total. The zero-order valence-electron chi connectivity index (χ0n) is 45.6. The largest absolute Gasteiger partial charge is 0.481 e. The van der Waals surface area contributed by atoms with Gasteiger partial charge >= 0.3 is 18.0 Å². The number of fused-ring (bicyclic) bond motifs is 1. The molecule has 9 atom stereocenters. The van der Waals surface area contributed by atoms with E-state index in [1.165, 1.54) is 18.7 Å². The van der Waals surface area contributed by atoms with Gasteiger partial charge in [0.15, 0.2) is 0 Å². The molecule has 0 saturated carbocycles. The van der Waals surface area contributed by atoms with E-state index in [1.54, 1.807) is 24.4 Å². The molecule has 2 aliphatic rings. The van der Waals surface area contributed by atoms with Crippen LogP contribution >= 0.6 is 11.6 Å². The van der Waals surface area contributed by atoms with Gasteiger partial charge in [-0.2, -0.15) is 0 Å². The molecular formula is C52H79ClN14O13. The second-order valence-electron chi connectivity index (χ2n) is 20.2. The molecule has 13 amide bonds. The van der Waals surface area contributed by atoms with Crippen molar-refractivity contribution >= 4 is 93.7 Å². The van der Waals surface area contributed by atoms with Crippen molar-refractivity contribution in [1.29, 1.82) is 0 Å². The van der Waals surface area contributed by atoms with Gasteiger partial charge in [0.2, 0.25) is 53.2 Å². The van der Waals surface area contributed by atoms with Crippen molar-refractivity contribution in [3.8, 4) is 0 Å². The van der Waals surface area contributed by atoms with Gasteiger partial charge in [-0.1, -0.05) is 31.0 Å². The highest BCUT2D eigenvalue weighted by Gasteiger charge is 2.39. The van der Waals surface area contributed by atoms with Gasteiger partial charge < -0.3 is 79.6 Å². The number of carbonyl (C=O) groups excluding carboxylic acids is 11. The Morgan fingerprint density at radius 2 is 1.36 bits per heavy atom. The maximum absolute atomic E-state index is 14.5. The molecular weight excluding hydrogens is 1060 g/mol. The lowest BCUT2D eigenvalue weighted by Crippen LogP contribution is -2.61. The van der Waals surface area contributed by atoms with E-state index in [0.29, 0.717) is 50.6 Å². The van der Waals surface area contributed by atoms with Crippen LogP contribution in [-0.4, -0.2) is 166 Å². The number of urea groups is 2. The summed E-state index contributed by atoms with van der Waals surface area (Å²) >= 11 is 5.69. The average Bonchev–Trinajstić information content (AvgIpc) is 4.03. The summed E-state index contributed by atoms with van der Waals surface area (Å²) in [5, 5.41) is 36.5. The molecule has 442 valence electrons. The van der Waals surface area contributed by atoms with Crippen LogP contribution in [0.15, 0.2) is 30.5 Å². The molecule has 27 nitrogen and oxygen atoms in total. The van der Waals surface area contributed by atoms with Gasteiger partial charge in [-0.25, -0.2) is 9.59 Å². The second kappa shape index (κ2) is 33.0. The Morgan fingerprint density at radius 3 is 2.04 bits per heavy atom. The fourth-order valence-corrected chi connectivity index (χ4v) is 9.51. The number of hydrogen-bond donors (Lipinski definition) is 14. The Balaban J connectivity index is 1.38. The van der Waals surface area contributed by atoms with Crippen molar-refractivity contribution in [3.63, 3.8) is 0 Å². The maximum Gasteiger partial charge on any atom is 0.315 e. The van der Waals surface area contributed by atoms with Crippen LogP contribution in [0, 0.1) is 0 Å². The lowest BCUT2D eigenvalue weighted by molar-refractivity contribution is -0.146. The van der Waals surface area contributed by atoms with Crippen LogP contribution in [0.4, 0.5) is 9.59 Å². The van der Waals surface area contributed by atoms with Gasteiger partial charge in [0.05, 0.1) is 6.04 Å². The number of aromatic nitrogens is 1. The monoisotopic (exact) mass is 1140 g/mol. The number of likely N-dealkylation sites (tertiary alicyclic amines) is 1. The van der Waals surface area contributed by atoms with E-state index in [9.17, 15) is 62.6 Å². The lowest BCUT2D eigenvalue weighted by Gasteiger charge is -2.37. The van der Waals surface area contributed by atoms with E-state index in [1.807, 2.05) is 13.0 Å². The van der Waals surface area contributed by atoms with Crippen molar-refractivity contribution in [2.45, 2.75) is 178 Å². The molecule has 2 aliphatic heterocycles. The van der Waals surface area contributed by atoms with E-state index >= 15 is 0 Å². The van der Waals surface area contributed by atoms with E-state index in [0.717, 1.165) is 30.2 Å². The van der Waals surface area contributed by atoms with Crippen LogP contribution in [0.5, 0.6) is 0 Å². The molecule has 2 saturated heterocycles. The number of carboxylic acid groups (broad SMARTS) is 1. The third-order valence-electron chi connectivity index (χ3n) is 13.9. The zero-order chi connectivity index (χ0) is 58.9. The molecule has 4 rings (SSSR count). The Hall–Kier alpha value is -7.71. The smallest absolute Gasteiger partial charge is 0.315 e. The number of rotatable bonds is 34. The number of benzene rings is 1. The van der Waals surface area contributed by atoms with Crippen molar-refractivity contribution in [2.24, 2.45) is 11.5 Å². The summed E-state index contributed by atoms with van der Waals surface area (Å²) < 4.78 is 0. The van der Waals surface area contributed by atoms with E-state index < -0.39 is 114 Å². The number of carboxylic acids is 1. The molecule has 0 bridgehead atoms. The summed E-state index contributed by atoms with van der Waals surface area (Å²) in [7, 11) is 0. The number of hydrogen-bond acceptors (Lipinski definition) is 12. The fraction of sp³-hybridized carbons (Fsp3) is 0.615. The van der Waals surface area contributed by atoms with Crippen LogP contribution in [-0.2, 0) is 54.4 Å². The number of unbranched alkanes of at least 4 members (excludes halogenated alkanes) is 3. The van der Waals surface area contributed by atoms with Crippen molar-refractivity contribution in [3.05, 3.63) is 36.0 Å². The van der Waals surface area contributed by atoms with Crippen LogP contribution in [0.2, 0.25) is 0 Å². The molecule has 3 heterocycles. The van der Waals surface area contributed by atoms with Gasteiger partial charge in [-0.3, -0.25) is 47.9 Å². The third-order valence-corrected chi connectivity index (χ3v) is 14.2. The first-order chi connectivity index (χ1) is 38.1. The van der Waals surface area contributed by atoms with Gasteiger partial charge in [0.25, 0.3) is 0 Å². The van der Waals surface area contributed by atoms with Gasteiger partial charge in [-0.05, 0) is 103 Å². The van der Waals surface area contributed by atoms with Crippen molar-refractivity contribution in [1.82, 2.24) is 63.1 Å². The number of para-hydroxylation sites is 1. The first kappa shape index (κ1) is 64.8. The first-order valence-electron chi connectivity index (χ1n) is 27.2. The number of H-pyrrole nitrogens is 1. The molecule has 28 heteroatoms. The first-order valence-corrected chi connectivity index (χ1v) is 27.7. The van der Waals surface area contributed by atoms with Gasteiger partial charge in [0, 0.05) is 62.0 Å².